The van der Waals surface area contributed by atoms with Crippen molar-refractivity contribution in [3.05, 3.63) is 60.7 Å². The number of carbonyl (C=O) groups is 1. The topological polar surface area (TPSA) is 35.5 Å². The summed E-state index contributed by atoms with van der Waals surface area (Å²) in [4.78, 5) is 12.1. The first-order valence-electron chi connectivity index (χ1n) is 7.31. The van der Waals surface area contributed by atoms with Crippen LogP contribution in [-0.4, -0.2) is 18.7 Å². The first kappa shape index (κ1) is 15.2. The van der Waals surface area contributed by atoms with E-state index in [9.17, 15) is 4.79 Å². The van der Waals surface area contributed by atoms with Crippen LogP contribution in [0.3, 0.4) is 0 Å². The third-order valence-corrected chi connectivity index (χ3v) is 5.66. The highest BCUT2D eigenvalue weighted by Gasteiger charge is 2.46. The zero-order valence-electron chi connectivity index (χ0n) is 12.7. The summed E-state index contributed by atoms with van der Waals surface area (Å²) < 4.78 is 11.5. The lowest BCUT2D eigenvalue weighted by Gasteiger charge is -2.27. The second-order valence-electron chi connectivity index (χ2n) is 6.05. The largest absolute Gasteiger partial charge is 0.463 e. The van der Waals surface area contributed by atoms with Gasteiger partial charge in [-0.15, -0.1) is 0 Å². The summed E-state index contributed by atoms with van der Waals surface area (Å²) in [5.74, 6) is -0.260. The van der Waals surface area contributed by atoms with Gasteiger partial charge in [0, 0.05) is 16.0 Å². The molecule has 0 radical (unpaired) electrons. The van der Waals surface area contributed by atoms with E-state index in [4.69, 9.17) is 9.26 Å². The maximum atomic E-state index is 12.1. The average molecular weight is 314 g/mol. The van der Waals surface area contributed by atoms with E-state index < -0.39 is 14.3 Å². The van der Waals surface area contributed by atoms with Crippen molar-refractivity contribution >= 4 is 24.7 Å². The highest BCUT2D eigenvalue weighted by molar-refractivity contribution is 7.68. The molecule has 1 heterocycles. The van der Waals surface area contributed by atoms with E-state index in [1.807, 2.05) is 74.5 Å². The average Bonchev–Trinajstić information content (AvgIpc) is 2.80. The molecule has 2 aromatic carbocycles. The van der Waals surface area contributed by atoms with Gasteiger partial charge >= 0.3 is 5.97 Å². The van der Waals surface area contributed by atoms with Crippen LogP contribution in [0.1, 0.15) is 13.8 Å². The summed E-state index contributed by atoms with van der Waals surface area (Å²) in [6.45, 7) is 4.42. The summed E-state index contributed by atoms with van der Waals surface area (Å²) in [6, 6.07) is 20.1. The molecule has 0 bridgehead atoms. The van der Waals surface area contributed by atoms with Gasteiger partial charge in [0.1, 0.15) is 0 Å². The quantitative estimate of drug-likeness (QED) is 0.643. The van der Waals surface area contributed by atoms with Gasteiger partial charge in [-0.3, -0.25) is 0 Å². The van der Waals surface area contributed by atoms with Crippen molar-refractivity contribution in [3.63, 3.8) is 0 Å². The molecule has 2 aromatic rings. The number of ether oxygens (including phenoxy) is 1. The van der Waals surface area contributed by atoms with E-state index in [0.29, 0.717) is 6.61 Å². The molecule has 1 saturated heterocycles. The molecule has 1 aliphatic rings. The minimum absolute atomic E-state index is 0.260. The minimum Gasteiger partial charge on any atom is -0.463 e. The van der Waals surface area contributed by atoms with E-state index >= 15 is 0 Å². The van der Waals surface area contributed by atoms with Crippen LogP contribution in [0.4, 0.5) is 0 Å². The summed E-state index contributed by atoms with van der Waals surface area (Å²) in [5.41, 5.74) is -0.304. The third kappa shape index (κ3) is 3.06. The van der Waals surface area contributed by atoms with Gasteiger partial charge in [-0.05, 0) is 0 Å². The number of hydrogen-bond acceptors (Lipinski definition) is 3. The van der Waals surface area contributed by atoms with Crippen LogP contribution in [0.25, 0.3) is 0 Å². The molecule has 1 atom stereocenters. The second-order valence-corrected chi connectivity index (χ2v) is 7.88. The lowest BCUT2D eigenvalue weighted by atomic mass is 9.90. The Balaban J connectivity index is 1.95. The summed E-state index contributed by atoms with van der Waals surface area (Å²) in [7, 11) is -1.05. The van der Waals surface area contributed by atoms with E-state index in [-0.39, 0.29) is 11.4 Å². The van der Waals surface area contributed by atoms with Crippen LogP contribution in [0.2, 0.25) is 0 Å². The van der Waals surface area contributed by atoms with Crippen LogP contribution < -0.4 is 10.6 Å². The molecule has 1 aliphatic heterocycles. The van der Waals surface area contributed by atoms with Crippen LogP contribution in [0.5, 0.6) is 0 Å². The Kier molecular flexibility index (Phi) is 4.28. The van der Waals surface area contributed by atoms with E-state index in [2.05, 4.69) is 0 Å². The number of esters is 1. The van der Waals surface area contributed by atoms with Gasteiger partial charge in [0.2, 0.25) is 0 Å². The maximum absolute atomic E-state index is 12.1. The van der Waals surface area contributed by atoms with Gasteiger partial charge in [0.05, 0.1) is 14.8 Å². The van der Waals surface area contributed by atoms with Crippen LogP contribution >= 0.6 is 8.15 Å². The third-order valence-electron chi connectivity index (χ3n) is 3.70. The standard InChI is InChI=1S/C18H19O3P/c1-18(2)13-20-17(19)16(18)21-22(14-9-5-3-6-10-14)15-11-7-4-8-12-15/h3-12,16H,13H2,1-2H3/t16-/m1/s1. The summed E-state index contributed by atoms with van der Waals surface area (Å²) in [6.07, 6.45) is -0.529. The molecule has 0 aromatic heterocycles. The van der Waals surface area contributed by atoms with Crippen molar-refractivity contribution in [3.8, 4) is 0 Å². The van der Waals surface area contributed by atoms with Gasteiger partial charge in [-0.1, -0.05) is 74.5 Å². The number of benzene rings is 2. The smallest absolute Gasteiger partial charge is 0.336 e. The van der Waals surface area contributed by atoms with Crippen molar-refractivity contribution in [2.24, 2.45) is 5.41 Å². The molecule has 22 heavy (non-hydrogen) atoms. The molecule has 0 N–H and O–H groups in total. The number of carbonyl (C=O) groups excluding carboxylic acids is 1. The molecule has 0 aliphatic carbocycles. The number of cyclic esters (lactones) is 1. The summed E-state index contributed by atoms with van der Waals surface area (Å²) >= 11 is 0. The van der Waals surface area contributed by atoms with Crippen molar-refractivity contribution in [1.82, 2.24) is 0 Å². The predicted octanol–water partition coefficient (Wildman–Crippen LogP) is 3.00. The molecule has 114 valence electrons. The molecule has 3 nitrogen and oxygen atoms in total. The Morgan fingerprint density at radius 3 is 1.91 bits per heavy atom. The van der Waals surface area contributed by atoms with Crippen LogP contribution in [0, 0.1) is 5.41 Å². The van der Waals surface area contributed by atoms with Gasteiger partial charge in [0.15, 0.2) is 6.10 Å². The van der Waals surface area contributed by atoms with Crippen molar-refractivity contribution in [1.29, 1.82) is 0 Å². The molecule has 0 unspecified atom stereocenters. The van der Waals surface area contributed by atoms with Crippen molar-refractivity contribution in [2.75, 3.05) is 6.61 Å². The zero-order chi connectivity index (χ0) is 15.6. The Labute approximate surface area is 132 Å². The molecular weight excluding hydrogens is 295 g/mol. The normalized spacial score (nSPS) is 20.1. The number of rotatable bonds is 4. The zero-order valence-corrected chi connectivity index (χ0v) is 13.6. The molecular formula is C18H19O3P. The fourth-order valence-corrected chi connectivity index (χ4v) is 4.43. The fourth-order valence-electron chi connectivity index (χ4n) is 2.42. The Morgan fingerprint density at radius 2 is 1.50 bits per heavy atom. The van der Waals surface area contributed by atoms with Crippen molar-refractivity contribution in [2.45, 2.75) is 20.0 Å². The van der Waals surface area contributed by atoms with Gasteiger partial charge in [-0.2, -0.15) is 0 Å². The fraction of sp³-hybridized carbons (Fsp3) is 0.278. The number of hydrogen-bond donors (Lipinski definition) is 0. The minimum atomic E-state index is -1.05. The summed E-state index contributed by atoms with van der Waals surface area (Å²) in [5, 5.41) is 2.19. The van der Waals surface area contributed by atoms with Gasteiger partial charge < -0.3 is 9.26 Å². The van der Waals surface area contributed by atoms with E-state index in [1.54, 1.807) is 0 Å². The first-order chi connectivity index (χ1) is 10.6. The first-order valence-corrected chi connectivity index (χ1v) is 8.57. The monoisotopic (exact) mass is 314 g/mol. The van der Waals surface area contributed by atoms with Gasteiger partial charge in [-0.25, -0.2) is 4.79 Å². The molecule has 0 amide bonds. The Bertz CT molecular complexity index is 600. The SMILES string of the molecule is CC1(C)COC(=O)[C@H]1OP(c1ccccc1)c1ccccc1. The lowest BCUT2D eigenvalue weighted by molar-refractivity contribution is -0.143. The molecule has 4 heteroatoms. The Hall–Kier alpha value is -1.70. The maximum Gasteiger partial charge on any atom is 0.336 e. The highest BCUT2D eigenvalue weighted by Crippen LogP contribution is 2.43. The lowest BCUT2D eigenvalue weighted by Crippen LogP contribution is -2.33. The van der Waals surface area contributed by atoms with Crippen LogP contribution in [-0.2, 0) is 14.1 Å². The molecule has 3 rings (SSSR count). The van der Waals surface area contributed by atoms with Gasteiger partial charge in [0.25, 0.3) is 0 Å². The van der Waals surface area contributed by atoms with E-state index in [0.717, 1.165) is 10.6 Å². The predicted molar refractivity (Wildman–Crippen MR) is 88.7 cm³/mol. The molecule has 0 saturated carbocycles. The van der Waals surface area contributed by atoms with E-state index in [1.165, 1.54) is 0 Å². The van der Waals surface area contributed by atoms with Crippen molar-refractivity contribution < 1.29 is 14.1 Å². The highest BCUT2D eigenvalue weighted by atomic mass is 31.1. The molecule has 1 fully saturated rings. The second kappa shape index (κ2) is 6.20. The molecule has 0 spiro atoms. The van der Waals surface area contributed by atoms with Crippen LogP contribution in [0.15, 0.2) is 60.7 Å². The Morgan fingerprint density at radius 1 is 1.00 bits per heavy atom.